The van der Waals surface area contributed by atoms with Gasteiger partial charge in [0.15, 0.2) is 0 Å². The Morgan fingerprint density at radius 2 is 1.88 bits per heavy atom. The molecule has 0 aromatic heterocycles. The summed E-state index contributed by atoms with van der Waals surface area (Å²) in [7, 11) is 1.31. The van der Waals surface area contributed by atoms with Crippen LogP contribution in [0.4, 0.5) is 0 Å². The molecule has 1 aromatic rings. The zero-order chi connectivity index (χ0) is 18.6. The summed E-state index contributed by atoms with van der Waals surface area (Å²) in [6, 6.07) is 5.16. The van der Waals surface area contributed by atoms with Crippen molar-refractivity contribution >= 4 is 29.4 Å². The van der Waals surface area contributed by atoms with E-state index in [0.29, 0.717) is 23.6 Å². The monoisotopic (exact) mass is 366 g/mol. The summed E-state index contributed by atoms with van der Waals surface area (Å²) >= 11 is 5.83. The Hall–Kier alpha value is -2.08. The van der Waals surface area contributed by atoms with Crippen LogP contribution in [0.5, 0.6) is 0 Å². The number of benzene rings is 1. The maximum atomic E-state index is 12.9. The first kappa shape index (κ1) is 19.2. The number of amides is 2. The van der Waals surface area contributed by atoms with E-state index >= 15 is 0 Å². The summed E-state index contributed by atoms with van der Waals surface area (Å²) in [5.74, 6) is -1.15. The van der Waals surface area contributed by atoms with Gasteiger partial charge in [0.05, 0.1) is 7.11 Å². The summed E-state index contributed by atoms with van der Waals surface area (Å²) in [5, 5.41) is 3.31. The molecule has 0 aliphatic carbocycles. The number of hydrogen-bond donors (Lipinski definition) is 1. The van der Waals surface area contributed by atoms with Gasteiger partial charge in [0.1, 0.15) is 12.1 Å². The van der Waals surface area contributed by atoms with E-state index in [2.05, 4.69) is 5.32 Å². The van der Waals surface area contributed by atoms with E-state index in [9.17, 15) is 14.4 Å². The van der Waals surface area contributed by atoms with E-state index in [1.165, 1.54) is 12.0 Å². The zero-order valence-electron chi connectivity index (χ0n) is 14.6. The van der Waals surface area contributed by atoms with Crippen LogP contribution in [0.2, 0.25) is 5.02 Å². The lowest BCUT2D eigenvalue weighted by atomic mass is 10.0. The first-order valence-corrected chi connectivity index (χ1v) is 8.67. The molecular formula is C18H23ClN2O4. The first-order valence-electron chi connectivity index (χ1n) is 8.30. The van der Waals surface area contributed by atoms with Crippen molar-refractivity contribution < 1.29 is 19.1 Å². The molecule has 25 heavy (non-hydrogen) atoms. The van der Waals surface area contributed by atoms with Crippen molar-refractivity contribution in [2.75, 3.05) is 13.7 Å². The van der Waals surface area contributed by atoms with Crippen LogP contribution in [0, 0.1) is 5.92 Å². The number of nitrogens with one attached hydrogen (secondary N) is 1. The molecule has 0 saturated carbocycles. The third kappa shape index (κ3) is 4.51. The van der Waals surface area contributed by atoms with Gasteiger partial charge >= 0.3 is 5.97 Å². The van der Waals surface area contributed by atoms with E-state index in [0.717, 1.165) is 6.42 Å². The molecule has 2 amide bonds. The van der Waals surface area contributed by atoms with Crippen LogP contribution in [-0.4, -0.2) is 48.4 Å². The fraction of sp³-hybridized carbons (Fsp3) is 0.500. The van der Waals surface area contributed by atoms with Crippen LogP contribution in [0.15, 0.2) is 24.3 Å². The minimum absolute atomic E-state index is 0.123. The topological polar surface area (TPSA) is 75.7 Å². The second-order valence-electron chi connectivity index (χ2n) is 6.41. The smallest absolute Gasteiger partial charge is 0.328 e. The van der Waals surface area contributed by atoms with E-state index in [1.54, 1.807) is 24.3 Å². The predicted octanol–water partition coefficient (Wildman–Crippen LogP) is 2.26. The molecule has 2 atom stereocenters. The van der Waals surface area contributed by atoms with Gasteiger partial charge in [-0.2, -0.15) is 0 Å². The summed E-state index contributed by atoms with van der Waals surface area (Å²) in [4.78, 5) is 38.8. The molecule has 2 rings (SSSR count). The number of methoxy groups -OCH3 is 1. The number of halogens is 1. The van der Waals surface area contributed by atoms with Gasteiger partial charge in [0.25, 0.3) is 5.91 Å². The summed E-state index contributed by atoms with van der Waals surface area (Å²) in [6.07, 6.45) is 1.32. The van der Waals surface area contributed by atoms with Crippen LogP contribution in [0.3, 0.4) is 0 Å². The number of carbonyl (C=O) groups excluding carboxylic acids is 3. The standard InChI is InChI=1S/C18H23ClN2O4/c1-11(2)15(20-16(22)12-6-8-13(19)9-7-12)17(23)21-10-4-5-14(21)18(24)25-3/h6-9,11,14-15H,4-5,10H2,1-3H3,(H,20,22)/t14-,15-/m0/s1. The highest BCUT2D eigenvalue weighted by molar-refractivity contribution is 6.30. The first-order chi connectivity index (χ1) is 11.8. The zero-order valence-corrected chi connectivity index (χ0v) is 15.4. The molecule has 7 heteroatoms. The number of nitrogens with zero attached hydrogens (tertiary/aromatic N) is 1. The Labute approximate surface area is 152 Å². The molecule has 136 valence electrons. The van der Waals surface area contributed by atoms with Gasteiger partial charge in [-0.05, 0) is 43.0 Å². The lowest BCUT2D eigenvalue weighted by molar-refractivity contribution is -0.151. The van der Waals surface area contributed by atoms with Gasteiger partial charge in [-0.3, -0.25) is 9.59 Å². The lowest BCUT2D eigenvalue weighted by Crippen LogP contribution is -2.53. The van der Waals surface area contributed by atoms with Crippen molar-refractivity contribution in [1.82, 2.24) is 10.2 Å². The van der Waals surface area contributed by atoms with Gasteiger partial charge in [-0.25, -0.2) is 4.79 Å². The van der Waals surface area contributed by atoms with Crippen molar-refractivity contribution in [2.45, 2.75) is 38.8 Å². The molecule has 1 heterocycles. The molecular weight excluding hydrogens is 344 g/mol. The van der Waals surface area contributed by atoms with Crippen LogP contribution < -0.4 is 5.32 Å². The van der Waals surface area contributed by atoms with Gasteiger partial charge in [0, 0.05) is 17.1 Å². The molecule has 1 aliphatic rings. The SMILES string of the molecule is COC(=O)[C@@H]1CCCN1C(=O)[C@@H](NC(=O)c1ccc(Cl)cc1)C(C)C. The number of carbonyl (C=O) groups is 3. The second kappa shape index (κ2) is 8.34. The maximum absolute atomic E-state index is 12.9. The van der Waals surface area contributed by atoms with Gasteiger partial charge in [-0.1, -0.05) is 25.4 Å². The van der Waals surface area contributed by atoms with Crippen LogP contribution in [0.25, 0.3) is 0 Å². The van der Waals surface area contributed by atoms with Crippen molar-refractivity contribution in [1.29, 1.82) is 0 Å². The average Bonchev–Trinajstić information content (AvgIpc) is 3.08. The Bertz CT molecular complexity index is 645. The van der Waals surface area contributed by atoms with E-state index < -0.39 is 18.1 Å². The highest BCUT2D eigenvalue weighted by Gasteiger charge is 2.39. The number of esters is 1. The third-order valence-corrected chi connectivity index (χ3v) is 4.59. The molecule has 1 fully saturated rings. The average molecular weight is 367 g/mol. The van der Waals surface area contributed by atoms with Gasteiger partial charge < -0.3 is 15.0 Å². The Morgan fingerprint density at radius 3 is 2.44 bits per heavy atom. The van der Waals surface area contributed by atoms with Crippen molar-refractivity contribution in [3.05, 3.63) is 34.9 Å². The van der Waals surface area contributed by atoms with E-state index in [-0.39, 0.29) is 17.7 Å². The molecule has 0 unspecified atom stereocenters. The molecule has 1 aromatic carbocycles. The predicted molar refractivity (Wildman–Crippen MR) is 94.3 cm³/mol. The quantitative estimate of drug-likeness (QED) is 0.811. The molecule has 1 aliphatic heterocycles. The Morgan fingerprint density at radius 1 is 1.24 bits per heavy atom. The lowest BCUT2D eigenvalue weighted by Gasteiger charge is -2.29. The van der Waals surface area contributed by atoms with E-state index in [1.807, 2.05) is 13.8 Å². The van der Waals surface area contributed by atoms with Crippen molar-refractivity contribution in [3.63, 3.8) is 0 Å². The molecule has 1 saturated heterocycles. The molecule has 0 bridgehead atoms. The number of ether oxygens (including phenoxy) is 1. The van der Waals surface area contributed by atoms with E-state index in [4.69, 9.17) is 16.3 Å². The number of rotatable bonds is 5. The van der Waals surface area contributed by atoms with Crippen molar-refractivity contribution in [3.8, 4) is 0 Å². The fourth-order valence-corrected chi connectivity index (χ4v) is 3.06. The molecule has 0 radical (unpaired) electrons. The van der Waals surface area contributed by atoms with Gasteiger partial charge in [-0.15, -0.1) is 0 Å². The minimum Gasteiger partial charge on any atom is -0.467 e. The second-order valence-corrected chi connectivity index (χ2v) is 6.85. The highest BCUT2D eigenvalue weighted by Crippen LogP contribution is 2.21. The van der Waals surface area contributed by atoms with Crippen molar-refractivity contribution in [2.24, 2.45) is 5.92 Å². The molecule has 0 spiro atoms. The third-order valence-electron chi connectivity index (χ3n) is 4.33. The number of hydrogen-bond acceptors (Lipinski definition) is 4. The van der Waals surface area contributed by atoms with Crippen LogP contribution >= 0.6 is 11.6 Å². The Kier molecular flexibility index (Phi) is 6.42. The van der Waals surface area contributed by atoms with Crippen LogP contribution in [0.1, 0.15) is 37.0 Å². The highest BCUT2D eigenvalue weighted by atomic mass is 35.5. The fourth-order valence-electron chi connectivity index (χ4n) is 2.93. The van der Waals surface area contributed by atoms with Crippen LogP contribution in [-0.2, 0) is 14.3 Å². The minimum atomic E-state index is -0.714. The Balaban J connectivity index is 2.14. The van der Waals surface area contributed by atoms with Gasteiger partial charge in [0.2, 0.25) is 5.91 Å². The largest absolute Gasteiger partial charge is 0.467 e. The summed E-state index contributed by atoms with van der Waals surface area (Å²) in [6.45, 7) is 4.19. The molecule has 6 nitrogen and oxygen atoms in total. The maximum Gasteiger partial charge on any atom is 0.328 e. The molecule has 1 N–H and O–H groups in total. The number of likely N-dealkylation sites (tertiary alicyclic amines) is 1. The normalized spacial score (nSPS) is 18.1. The summed E-state index contributed by atoms with van der Waals surface area (Å²) < 4.78 is 4.78. The summed E-state index contributed by atoms with van der Waals surface area (Å²) in [5.41, 5.74) is 0.425.